The number of anilines is 1. The minimum atomic E-state index is -1.03. The number of nitrogen functional groups attached to an aromatic ring is 1. The molecule has 108 valence electrons. The second-order valence-corrected chi connectivity index (χ2v) is 5.44. The molecule has 1 amide bonds. The third-order valence-corrected chi connectivity index (χ3v) is 3.47. The number of likely N-dealkylation sites (tertiary alicyclic amines) is 1. The number of carboxylic acids is 1. The van der Waals surface area contributed by atoms with Crippen LogP contribution in [0.4, 0.5) is 5.69 Å². The SMILES string of the molecule is CC1(OCC(=O)O)CN(C(=O)c2ccc(Cl)c(N)c2)C1. The van der Waals surface area contributed by atoms with E-state index in [0.29, 0.717) is 29.4 Å². The summed E-state index contributed by atoms with van der Waals surface area (Å²) in [6.45, 7) is 2.10. The number of amides is 1. The normalized spacial score (nSPS) is 16.6. The van der Waals surface area contributed by atoms with E-state index in [1.807, 2.05) is 0 Å². The van der Waals surface area contributed by atoms with Crippen molar-refractivity contribution >= 4 is 29.2 Å². The average Bonchev–Trinajstić information content (AvgIpc) is 2.35. The Kier molecular flexibility index (Phi) is 3.87. The highest BCUT2D eigenvalue weighted by Crippen LogP contribution is 2.27. The van der Waals surface area contributed by atoms with Gasteiger partial charge >= 0.3 is 5.97 Å². The Morgan fingerprint density at radius 2 is 2.15 bits per heavy atom. The molecular weight excluding hydrogens is 284 g/mol. The van der Waals surface area contributed by atoms with Gasteiger partial charge in [-0.2, -0.15) is 0 Å². The zero-order valence-electron chi connectivity index (χ0n) is 10.9. The van der Waals surface area contributed by atoms with E-state index in [0.717, 1.165) is 0 Å². The molecule has 7 heteroatoms. The van der Waals surface area contributed by atoms with Crippen molar-refractivity contribution in [2.45, 2.75) is 12.5 Å². The van der Waals surface area contributed by atoms with Gasteiger partial charge in [-0.3, -0.25) is 4.79 Å². The molecule has 1 saturated heterocycles. The molecule has 0 spiro atoms. The number of nitrogens with zero attached hydrogens (tertiary/aromatic N) is 1. The fourth-order valence-electron chi connectivity index (χ4n) is 2.09. The molecule has 1 aliphatic rings. The summed E-state index contributed by atoms with van der Waals surface area (Å²) in [6.07, 6.45) is 0. The number of aliphatic carboxylic acids is 1. The maximum absolute atomic E-state index is 12.2. The molecule has 20 heavy (non-hydrogen) atoms. The second kappa shape index (κ2) is 5.30. The van der Waals surface area contributed by atoms with Crippen LogP contribution in [0.5, 0.6) is 0 Å². The summed E-state index contributed by atoms with van der Waals surface area (Å²) in [4.78, 5) is 24.2. The first-order chi connectivity index (χ1) is 9.31. The molecule has 1 aliphatic heterocycles. The van der Waals surface area contributed by atoms with E-state index in [-0.39, 0.29) is 12.5 Å². The first-order valence-corrected chi connectivity index (χ1v) is 6.39. The van der Waals surface area contributed by atoms with Gasteiger partial charge in [-0.15, -0.1) is 0 Å². The highest BCUT2D eigenvalue weighted by Gasteiger charge is 2.42. The molecule has 1 aromatic carbocycles. The zero-order valence-corrected chi connectivity index (χ0v) is 11.7. The molecule has 2 rings (SSSR count). The lowest BCUT2D eigenvalue weighted by Gasteiger charge is -2.47. The van der Waals surface area contributed by atoms with Crippen LogP contribution in [0, 0.1) is 0 Å². The molecule has 0 unspecified atom stereocenters. The van der Waals surface area contributed by atoms with E-state index < -0.39 is 11.6 Å². The number of halogens is 1. The van der Waals surface area contributed by atoms with Gasteiger partial charge in [-0.1, -0.05) is 11.6 Å². The number of carboxylic acid groups (broad SMARTS) is 1. The van der Waals surface area contributed by atoms with Crippen molar-refractivity contribution in [3.63, 3.8) is 0 Å². The van der Waals surface area contributed by atoms with E-state index >= 15 is 0 Å². The molecule has 1 heterocycles. The Hall–Kier alpha value is -1.79. The number of benzene rings is 1. The Labute approximate surface area is 121 Å². The molecule has 3 N–H and O–H groups in total. The van der Waals surface area contributed by atoms with Crippen molar-refractivity contribution in [1.82, 2.24) is 4.90 Å². The lowest BCUT2D eigenvalue weighted by Crippen LogP contribution is -2.63. The minimum absolute atomic E-state index is 0.176. The number of ether oxygens (including phenoxy) is 1. The molecule has 0 aromatic heterocycles. The maximum atomic E-state index is 12.2. The van der Waals surface area contributed by atoms with Crippen molar-refractivity contribution in [1.29, 1.82) is 0 Å². The van der Waals surface area contributed by atoms with Gasteiger partial charge in [0.05, 0.1) is 23.8 Å². The van der Waals surface area contributed by atoms with Crippen LogP contribution in [-0.4, -0.2) is 47.2 Å². The molecular formula is C13H15ClN2O4. The number of carbonyl (C=O) groups excluding carboxylic acids is 1. The lowest BCUT2D eigenvalue weighted by molar-refractivity contribution is -0.159. The number of carbonyl (C=O) groups is 2. The lowest BCUT2D eigenvalue weighted by atomic mass is 9.95. The zero-order chi connectivity index (χ0) is 14.9. The van der Waals surface area contributed by atoms with Gasteiger partial charge in [0.2, 0.25) is 0 Å². The predicted octanol–water partition coefficient (Wildman–Crippen LogP) is 1.24. The van der Waals surface area contributed by atoms with Crippen LogP contribution < -0.4 is 5.73 Å². The van der Waals surface area contributed by atoms with E-state index in [9.17, 15) is 9.59 Å². The summed E-state index contributed by atoms with van der Waals surface area (Å²) in [5.41, 5.74) is 5.86. The first-order valence-electron chi connectivity index (χ1n) is 6.01. The van der Waals surface area contributed by atoms with Crippen LogP contribution in [0.3, 0.4) is 0 Å². The molecule has 0 bridgehead atoms. The topological polar surface area (TPSA) is 92.9 Å². The van der Waals surface area contributed by atoms with Gasteiger partial charge in [0.1, 0.15) is 12.2 Å². The summed E-state index contributed by atoms with van der Waals surface area (Å²) in [7, 11) is 0. The van der Waals surface area contributed by atoms with Gasteiger partial charge in [0, 0.05) is 5.56 Å². The number of rotatable bonds is 4. The summed E-state index contributed by atoms with van der Waals surface area (Å²) in [5.74, 6) is -1.20. The Morgan fingerprint density at radius 1 is 1.50 bits per heavy atom. The first kappa shape index (κ1) is 14.6. The van der Waals surface area contributed by atoms with Crippen LogP contribution in [0.25, 0.3) is 0 Å². The van der Waals surface area contributed by atoms with Crippen molar-refractivity contribution < 1.29 is 19.4 Å². The van der Waals surface area contributed by atoms with Gasteiger partial charge in [-0.25, -0.2) is 4.79 Å². The second-order valence-electron chi connectivity index (χ2n) is 5.03. The maximum Gasteiger partial charge on any atom is 0.329 e. The Morgan fingerprint density at radius 3 is 2.70 bits per heavy atom. The molecule has 1 fully saturated rings. The van der Waals surface area contributed by atoms with Gasteiger partial charge in [0.25, 0.3) is 5.91 Å². The van der Waals surface area contributed by atoms with E-state index in [1.54, 1.807) is 24.0 Å². The van der Waals surface area contributed by atoms with Crippen LogP contribution in [0.2, 0.25) is 5.02 Å². The fraction of sp³-hybridized carbons (Fsp3) is 0.385. The Bertz CT molecular complexity index is 555. The monoisotopic (exact) mass is 298 g/mol. The van der Waals surface area contributed by atoms with Gasteiger partial charge in [0.15, 0.2) is 0 Å². The van der Waals surface area contributed by atoms with Crippen LogP contribution in [0.15, 0.2) is 18.2 Å². The summed E-state index contributed by atoms with van der Waals surface area (Å²) >= 11 is 5.80. The van der Waals surface area contributed by atoms with Crippen LogP contribution in [-0.2, 0) is 9.53 Å². The largest absolute Gasteiger partial charge is 0.480 e. The molecule has 6 nitrogen and oxygen atoms in total. The summed E-state index contributed by atoms with van der Waals surface area (Å²) in [5, 5.41) is 8.98. The highest BCUT2D eigenvalue weighted by molar-refractivity contribution is 6.33. The minimum Gasteiger partial charge on any atom is -0.480 e. The van der Waals surface area contributed by atoms with E-state index in [2.05, 4.69) is 0 Å². The van der Waals surface area contributed by atoms with Crippen LogP contribution >= 0.6 is 11.6 Å². The smallest absolute Gasteiger partial charge is 0.329 e. The average molecular weight is 299 g/mol. The predicted molar refractivity (Wildman–Crippen MR) is 73.8 cm³/mol. The molecule has 1 aromatic rings. The third kappa shape index (κ3) is 3.02. The summed E-state index contributed by atoms with van der Waals surface area (Å²) < 4.78 is 5.25. The summed E-state index contributed by atoms with van der Waals surface area (Å²) in [6, 6.07) is 4.71. The molecule has 0 aliphatic carbocycles. The quantitative estimate of drug-likeness (QED) is 0.816. The molecule has 0 atom stereocenters. The standard InChI is InChI=1S/C13H15ClN2O4/c1-13(20-5-11(17)18)6-16(7-13)12(19)8-2-3-9(14)10(15)4-8/h2-4H,5-7,15H2,1H3,(H,17,18). The third-order valence-electron chi connectivity index (χ3n) is 3.12. The van der Waals surface area contributed by atoms with Crippen molar-refractivity contribution in [3.05, 3.63) is 28.8 Å². The highest BCUT2D eigenvalue weighted by atomic mass is 35.5. The number of nitrogens with two attached hydrogens (primary N) is 1. The molecule has 0 radical (unpaired) electrons. The van der Waals surface area contributed by atoms with Crippen LogP contribution in [0.1, 0.15) is 17.3 Å². The van der Waals surface area contributed by atoms with Crippen molar-refractivity contribution in [3.8, 4) is 0 Å². The number of hydrogen-bond acceptors (Lipinski definition) is 4. The van der Waals surface area contributed by atoms with Crippen molar-refractivity contribution in [2.24, 2.45) is 0 Å². The Balaban J connectivity index is 1.96. The fourth-order valence-corrected chi connectivity index (χ4v) is 2.21. The van der Waals surface area contributed by atoms with E-state index in [1.165, 1.54) is 6.07 Å². The number of hydrogen-bond donors (Lipinski definition) is 2. The van der Waals surface area contributed by atoms with E-state index in [4.69, 9.17) is 27.2 Å². The molecule has 0 saturated carbocycles. The van der Waals surface area contributed by atoms with Gasteiger partial charge < -0.3 is 20.5 Å². The van der Waals surface area contributed by atoms with Crippen molar-refractivity contribution in [2.75, 3.05) is 25.4 Å². The van der Waals surface area contributed by atoms with Gasteiger partial charge in [-0.05, 0) is 25.1 Å².